The molecule has 1 aromatic carbocycles. The number of hydrogen-bond acceptors (Lipinski definition) is 12. The molecule has 1 fully saturated rings. The molecule has 0 radical (unpaired) electrons. The van der Waals surface area contributed by atoms with Crippen LogP contribution in [0.15, 0.2) is 36.4 Å². The molecular weight excluding hydrogens is 444 g/mol. The first-order chi connectivity index (χ1) is 15.6. The van der Waals surface area contributed by atoms with Crippen LogP contribution in [0.4, 0.5) is 0 Å². The van der Waals surface area contributed by atoms with Crippen LogP contribution in [0.2, 0.25) is 0 Å². The number of carbonyl (C=O) groups excluding carboxylic acids is 1. The van der Waals surface area contributed by atoms with Gasteiger partial charge in [-0.15, -0.1) is 0 Å². The monoisotopic (exact) mass is 470 g/mol. The maximum Gasteiger partial charge on any atom is 0.331 e. The third-order valence-corrected chi connectivity index (χ3v) is 5.31. The van der Waals surface area contributed by atoms with Gasteiger partial charge in [-0.1, -0.05) is 18.2 Å². The highest BCUT2D eigenvalue weighted by Gasteiger charge is 2.47. The van der Waals surface area contributed by atoms with Crippen LogP contribution in [0, 0.1) is 0 Å². The molecule has 1 heterocycles. The molecule has 0 aromatic heterocycles. The molecule has 182 valence electrons. The fourth-order valence-corrected chi connectivity index (χ4v) is 3.42. The van der Waals surface area contributed by atoms with Gasteiger partial charge in [-0.05, 0) is 23.8 Å². The first kappa shape index (κ1) is 25.1. The fraction of sp³-hybridized carbons (Fsp3) is 0.476. The van der Waals surface area contributed by atoms with E-state index in [4.69, 9.17) is 14.2 Å². The number of phenols is 2. The predicted molar refractivity (Wildman–Crippen MR) is 108 cm³/mol. The summed E-state index contributed by atoms with van der Waals surface area (Å²) in [4.78, 5) is 12.2. The maximum atomic E-state index is 12.2. The van der Waals surface area contributed by atoms with Gasteiger partial charge in [0.2, 0.25) is 0 Å². The summed E-state index contributed by atoms with van der Waals surface area (Å²) in [6, 6.07) is 3.85. The van der Waals surface area contributed by atoms with Crippen molar-refractivity contribution in [3.05, 3.63) is 42.0 Å². The van der Waals surface area contributed by atoms with Gasteiger partial charge in [0.15, 0.2) is 23.9 Å². The third kappa shape index (κ3) is 5.69. The van der Waals surface area contributed by atoms with E-state index in [2.05, 4.69) is 0 Å². The van der Waals surface area contributed by atoms with Crippen LogP contribution < -0.4 is 0 Å². The van der Waals surface area contributed by atoms with E-state index in [1.807, 2.05) is 0 Å². The van der Waals surface area contributed by atoms with E-state index in [0.717, 1.165) is 6.08 Å². The van der Waals surface area contributed by atoms with E-state index in [1.54, 1.807) is 0 Å². The van der Waals surface area contributed by atoms with E-state index >= 15 is 0 Å². The molecule has 1 aliphatic carbocycles. The van der Waals surface area contributed by atoms with Gasteiger partial charge < -0.3 is 55.1 Å². The normalized spacial score (nSPS) is 36.7. The molecule has 0 amide bonds. The highest BCUT2D eigenvalue weighted by atomic mass is 16.7. The van der Waals surface area contributed by atoms with Crippen molar-refractivity contribution in [1.29, 1.82) is 0 Å². The number of rotatable bonds is 6. The Kier molecular flexibility index (Phi) is 8.05. The summed E-state index contributed by atoms with van der Waals surface area (Å²) in [6.45, 7) is -0.669. The second-order valence-corrected chi connectivity index (χ2v) is 7.65. The average Bonchev–Trinajstić information content (AvgIpc) is 2.79. The third-order valence-electron chi connectivity index (χ3n) is 5.31. The molecule has 8 N–H and O–H groups in total. The molecule has 0 spiro atoms. The van der Waals surface area contributed by atoms with Crippen LogP contribution >= 0.6 is 0 Å². The van der Waals surface area contributed by atoms with Crippen molar-refractivity contribution in [1.82, 2.24) is 0 Å². The number of aromatic hydroxyl groups is 2. The van der Waals surface area contributed by atoms with E-state index < -0.39 is 67.7 Å². The Morgan fingerprint density at radius 2 is 1.70 bits per heavy atom. The van der Waals surface area contributed by atoms with Gasteiger partial charge in [0.25, 0.3) is 0 Å². The van der Waals surface area contributed by atoms with Gasteiger partial charge in [0.05, 0.1) is 6.61 Å². The van der Waals surface area contributed by atoms with Crippen LogP contribution in [0.25, 0.3) is 6.08 Å². The molecule has 12 nitrogen and oxygen atoms in total. The van der Waals surface area contributed by atoms with Crippen molar-refractivity contribution < 1.29 is 59.9 Å². The maximum absolute atomic E-state index is 12.2. The number of carbonyl (C=O) groups is 1. The van der Waals surface area contributed by atoms with Crippen molar-refractivity contribution in [3.63, 3.8) is 0 Å². The highest BCUT2D eigenvalue weighted by molar-refractivity contribution is 5.87. The molecule has 0 bridgehead atoms. The van der Waals surface area contributed by atoms with Crippen molar-refractivity contribution in [2.75, 3.05) is 6.61 Å². The van der Waals surface area contributed by atoms with Crippen LogP contribution in [0.3, 0.4) is 0 Å². The highest BCUT2D eigenvalue weighted by Crippen LogP contribution is 2.28. The summed E-state index contributed by atoms with van der Waals surface area (Å²) < 4.78 is 15.8. The summed E-state index contributed by atoms with van der Waals surface area (Å²) in [5.74, 6) is -1.66. The number of hydrogen-bond donors (Lipinski definition) is 8. The van der Waals surface area contributed by atoms with Crippen molar-refractivity contribution in [2.24, 2.45) is 0 Å². The number of aliphatic hydroxyl groups is 6. The second kappa shape index (κ2) is 10.6. The fourth-order valence-electron chi connectivity index (χ4n) is 3.42. The molecule has 0 unspecified atom stereocenters. The first-order valence-electron chi connectivity index (χ1n) is 10.0. The van der Waals surface area contributed by atoms with E-state index in [-0.39, 0.29) is 11.5 Å². The molecule has 2 aliphatic rings. The molecule has 33 heavy (non-hydrogen) atoms. The number of aliphatic hydroxyl groups excluding tert-OH is 6. The molecule has 3 rings (SSSR count). The van der Waals surface area contributed by atoms with Gasteiger partial charge in [-0.25, -0.2) is 4.79 Å². The summed E-state index contributed by atoms with van der Waals surface area (Å²) >= 11 is 0. The smallest absolute Gasteiger partial charge is 0.331 e. The van der Waals surface area contributed by atoms with Crippen LogP contribution in [0.1, 0.15) is 5.56 Å². The molecule has 9 atom stereocenters. The largest absolute Gasteiger partial charge is 0.504 e. The van der Waals surface area contributed by atoms with Crippen molar-refractivity contribution in [2.45, 2.75) is 55.1 Å². The second-order valence-electron chi connectivity index (χ2n) is 7.65. The molecule has 1 aromatic rings. The molecule has 1 saturated heterocycles. The zero-order valence-electron chi connectivity index (χ0n) is 17.2. The van der Waals surface area contributed by atoms with Crippen molar-refractivity contribution in [3.8, 4) is 11.5 Å². The van der Waals surface area contributed by atoms with Crippen molar-refractivity contribution >= 4 is 12.0 Å². The lowest BCUT2D eigenvalue weighted by molar-refractivity contribution is -0.315. The Morgan fingerprint density at radius 1 is 0.970 bits per heavy atom. The number of benzene rings is 1. The average molecular weight is 470 g/mol. The lowest BCUT2D eigenvalue weighted by Crippen LogP contribution is -2.61. The lowest BCUT2D eigenvalue weighted by atomic mass is 9.95. The molecular formula is C21H26O12. The van der Waals surface area contributed by atoms with E-state index in [0.29, 0.717) is 5.56 Å². The summed E-state index contributed by atoms with van der Waals surface area (Å²) in [7, 11) is 0. The Hall–Kier alpha value is -2.55. The Bertz CT molecular complexity index is 884. The SMILES string of the molecule is O=C(C=Cc1ccc(O)c(O)c1)O[C@@H]1[C@H](O)[C@H](O[C@H]2O[C@@H](CO)[C@@H](O)[C@H](O)[C@@H]2O)C=C[C@H]1O. The van der Waals surface area contributed by atoms with Crippen LogP contribution in [0.5, 0.6) is 11.5 Å². The van der Waals surface area contributed by atoms with Gasteiger partial charge in [-0.2, -0.15) is 0 Å². The Labute approximate surface area is 187 Å². The Balaban J connectivity index is 1.64. The lowest BCUT2D eigenvalue weighted by Gasteiger charge is -2.42. The minimum atomic E-state index is -1.71. The first-order valence-corrected chi connectivity index (χ1v) is 10.0. The molecule has 1 aliphatic heterocycles. The number of ether oxygens (including phenoxy) is 3. The summed E-state index contributed by atoms with van der Waals surface area (Å²) in [5, 5.41) is 78.5. The Morgan fingerprint density at radius 3 is 2.36 bits per heavy atom. The predicted octanol–water partition coefficient (Wildman–Crippen LogP) is -2.50. The number of phenolic OH excluding ortho intramolecular Hbond substituents is 2. The van der Waals surface area contributed by atoms with Gasteiger partial charge in [0.1, 0.15) is 42.7 Å². The summed E-state index contributed by atoms with van der Waals surface area (Å²) in [6.07, 6.45) is -8.74. The topological polar surface area (TPSA) is 207 Å². The zero-order chi connectivity index (χ0) is 24.3. The minimum absolute atomic E-state index is 0.333. The minimum Gasteiger partial charge on any atom is -0.504 e. The van der Waals surface area contributed by atoms with Gasteiger partial charge in [-0.3, -0.25) is 0 Å². The standard InChI is InChI=1S/C21H26O12/c22-8-14-16(27)18(29)19(30)21(32-14)31-13-5-4-11(24)20(17(13)28)33-15(26)6-2-9-1-3-10(23)12(25)7-9/h1-7,11,13-14,16-25,27-30H,8H2/t11-,13-,14+,16-,17-,18+,19+,20+,21+/m1/s1. The quantitative estimate of drug-likeness (QED) is 0.0940. The van der Waals surface area contributed by atoms with Gasteiger partial charge >= 0.3 is 5.97 Å². The molecule has 12 heteroatoms. The summed E-state index contributed by atoms with van der Waals surface area (Å²) in [5.41, 5.74) is 0.371. The van der Waals surface area contributed by atoms with Gasteiger partial charge in [0, 0.05) is 6.08 Å². The van der Waals surface area contributed by atoms with Crippen LogP contribution in [-0.2, 0) is 19.0 Å². The van der Waals surface area contributed by atoms with E-state index in [9.17, 15) is 45.6 Å². The van der Waals surface area contributed by atoms with Crippen LogP contribution in [-0.4, -0.2) is 109 Å². The number of esters is 1. The zero-order valence-corrected chi connectivity index (χ0v) is 17.2. The molecule has 0 saturated carbocycles. The van der Waals surface area contributed by atoms with E-state index in [1.165, 1.54) is 36.4 Å².